The number of hydrogen-bond donors (Lipinski definition) is 0. The second kappa shape index (κ2) is 4.59. The smallest absolute Gasteiger partial charge is 0.132 e. The van der Waals surface area contributed by atoms with Gasteiger partial charge in [-0.15, -0.1) is 6.42 Å². The first-order valence-electron chi connectivity index (χ1n) is 6.04. The van der Waals surface area contributed by atoms with Crippen LogP contribution in [-0.4, -0.2) is 0 Å². The van der Waals surface area contributed by atoms with E-state index in [1.54, 1.807) is 12.1 Å². The zero-order valence-electron chi connectivity index (χ0n) is 10.2. The van der Waals surface area contributed by atoms with Crippen molar-refractivity contribution in [3.05, 3.63) is 72.0 Å². The molecule has 0 unspecified atom stereocenters. The van der Waals surface area contributed by atoms with Crippen LogP contribution in [0.15, 0.2) is 60.7 Å². The molecule has 0 radical (unpaired) electrons. The highest BCUT2D eigenvalue weighted by molar-refractivity contribution is 5.97. The molecule has 0 spiro atoms. The minimum absolute atomic E-state index is 0.285. The van der Waals surface area contributed by atoms with E-state index in [4.69, 9.17) is 6.42 Å². The van der Waals surface area contributed by atoms with Crippen LogP contribution in [0.1, 0.15) is 5.56 Å². The highest BCUT2D eigenvalue weighted by atomic mass is 19.1. The van der Waals surface area contributed by atoms with Gasteiger partial charge in [-0.25, -0.2) is 4.39 Å². The maximum absolute atomic E-state index is 14.2. The highest BCUT2D eigenvalue weighted by Crippen LogP contribution is 2.32. The molecule has 0 amide bonds. The lowest BCUT2D eigenvalue weighted by molar-refractivity contribution is 0.631. The lowest BCUT2D eigenvalue weighted by Gasteiger charge is -2.10. The fourth-order valence-corrected chi connectivity index (χ4v) is 2.36. The molecule has 0 aliphatic rings. The van der Waals surface area contributed by atoms with E-state index < -0.39 is 0 Å². The zero-order valence-corrected chi connectivity index (χ0v) is 10.2. The lowest BCUT2D eigenvalue weighted by Crippen LogP contribution is -1.90. The van der Waals surface area contributed by atoms with Gasteiger partial charge in [0.25, 0.3) is 0 Å². The Bertz CT molecular complexity index is 789. The molecule has 0 saturated carbocycles. The zero-order chi connectivity index (χ0) is 13.2. The number of fused-ring (bicyclic) bond motifs is 1. The Hall–Kier alpha value is -2.59. The topological polar surface area (TPSA) is 0 Å². The van der Waals surface area contributed by atoms with E-state index in [-0.39, 0.29) is 5.82 Å². The van der Waals surface area contributed by atoms with Crippen molar-refractivity contribution in [3.8, 4) is 23.5 Å². The fourth-order valence-electron chi connectivity index (χ4n) is 2.36. The molecule has 0 N–H and O–H groups in total. The van der Waals surface area contributed by atoms with Crippen molar-refractivity contribution < 1.29 is 4.39 Å². The van der Waals surface area contributed by atoms with Gasteiger partial charge in [0.1, 0.15) is 5.82 Å². The van der Waals surface area contributed by atoms with Gasteiger partial charge in [-0.3, -0.25) is 0 Å². The van der Waals surface area contributed by atoms with Crippen molar-refractivity contribution in [3.63, 3.8) is 0 Å². The maximum atomic E-state index is 14.2. The van der Waals surface area contributed by atoms with Gasteiger partial charge in [0.05, 0.1) is 0 Å². The van der Waals surface area contributed by atoms with Gasteiger partial charge in [0.2, 0.25) is 0 Å². The summed E-state index contributed by atoms with van der Waals surface area (Å²) in [5, 5.41) is 2.08. The summed E-state index contributed by atoms with van der Waals surface area (Å²) in [6.45, 7) is 0. The molecule has 0 saturated heterocycles. The molecule has 0 nitrogen and oxygen atoms in total. The van der Waals surface area contributed by atoms with E-state index >= 15 is 0 Å². The first-order chi connectivity index (χ1) is 9.31. The summed E-state index contributed by atoms with van der Waals surface area (Å²) >= 11 is 0. The summed E-state index contributed by atoms with van der Waals surface area (Å²) in [5.74, 6) is 2.27. The lowest BCUT2D eigenvalue weighted by atomic mass is 9.94. The van der Waals surface area contributed by atoms with Gasteiger partial charge in [-0.05, 0) is 28.5 Å². The molecule has 0 aliphatic carbocycles. The normalized spacial score (nSPS) is 10.3. The summed E-state index contributed by atoms with van der Waals surface area (Å²) in [5.41, 5.74) is 1.92. The molecule has 0 bridgehead atoms. The molecule has 0 fully saturated rings. The van der Waals surface area contributed by atoms with Gasteiger partial charge in [-0.2, -0.15) is 0 Å². The first-order valence-corrected chi connectivity index (χ1v) is 6.04. The van der Waals surface area contributed by atoms with Crippen molar-refractivity contribution >= 4 is 10.8 Å². The van der Waals surface area contributed by atoms with Crippen LogP contribution in [0.5, 0.6) is 0 Å². The molecule has 3 aromatic rings. The predicted octanol–water partition coefficient (Wildman–Crippen LogP) is 4.63. The van der Waals surface area contributed by atoms with Crippen LogP contribution < -0.4 is 0 Å². The minimum atomic E-state index is -0.285. The summed E-state index contributed by atoms with van der Waals surface area (Å²) < 4.78 is 14.2. The molecular formula is C18H11F. The van der Waals surface area contributed by atoms with E-state index in [1.807, 2.05) is 42.5 Å². The minimum Gasteiger partial charge on any atom is -0.206 e. The summed E-state index contributed by atoms with van der Waals surface area (Å²) in [7, 11) is 0. The van der Waals surface area contributed by atoms with Crippen LogP contribution in [-0.2, 0) is 0 Å². The third-order valence-corrected chi connectivity index (χ3v) is 3.23. The molecule has 3 aromatic carbocycles. The summed E-state index contributed by atoms with van der Waals surface area (Å²) in [4.78, 5) is 0. The van der Waals surface area contributed by atoms with Crippen molar-refractivity contribution in [2.24, 2.45) is 0 Å². The quantitative estimate of drug-likeness (QED) is 0.549. The van der Waals surface area contributed by atoms with E-state index in [2.05, 4.69) is 5.92 Å². The summed E-state index contributed by atoms with van der Waals surface area (Å²) in [6, 6.07) is 18.6. The van der Waals surface area contributed by atoms with Crippen LogP contribution in [0.3, 0.4) is 0 Å². The molecule has 19 heavy (non-hydrogen) atoms. The van der Waals surface area contributed by atoms with Gasteiger partial charge in [0, 0.05) is 11.1 Å². The number of hydrogen-bond acceptors (Lipinski definition) is 0. The van der Waals surface area contributed by atoms with Crippen LogP contribution in [0.25, 0.3) is 21.9 Å². The monoisotopic (exact) mass is 246 g/mol. The molecule has 0 heterocycles. The number of terminal acetylenes is 1. The number of benzene rings is 3. The van der Waals surface area contributed by atoms with Crippen molar-refractivity contribution in [2.45, 2.75) is 0 Å². The predicted molar refractivity (Wildman–Crippen MR) is 77.3 cm³/mol. The molecule has 1 heteroatoms. The average Bonchev–Trinajstić information content (AvgIpc) is 2.46. The van der Waals surface area contributed by atoms with Crippen LogP contribution in [0.4, 0.5) is 4.39 Å². The molecule has 3 rings (SSSR count). The number of rotatable bonds is 1. The third-order valence-electron chi connectivity index (χ3n) is 3.23. The van der Waals surface area contributed by atoms with Gasteiger partial charge in [0.15, 0.2) is 0 Å². The van der Waals surface area contributed by atoms with Gasteiger partial charge < -0.3 is 0 Å². The van der Waals surface area contributed by atoms with Crippen LogP contribution >= 0.6 is 0 Å². The van der Waals surface area contributed by atoms with Crippen molar-refractivity contribution in [2.75, 3.05) is 0 Å². The van der Waals surface area contributed by atoms with Gasteiger partial charge >= 0.3 is 0 Å². The van der Waals surface area contributed by atoms with Gasteiger partial charge in [-0.1, -0.05) is 54.5 Å². The number of halogens is 1. The SMILES string of the molecule is C#Cc1cccc(F)c1-c1cccc2ccccc12. The Morgan fingerprint density at radius 1 is 0.842 bits per heavy atom. The molecule has 0 aromatic heterocycles. The van der Waals surface area contributed by atoms with Crippen molar-refractivity contribution in [1.29, 1.82) is 0 Å². The Balaban J connectivity index is 2.41. The second-order valence-electron chi connectivity index (χ2n) is 4.33. The van der Waals surface area contributed by atoms with E-state index in [0.717, 1.165) is 16.3 Å². The van der Waals surface area contributed by atoms with Crippen LogP contribution in [0, 0.1) is 18.2 Å². The Kier molecular flexibility index (Phi) is 2.78. The molecular weight excluding hydrogens is 235 g/mol. The third kappa shape index (κ3) is 1.88. The molecule has 0 aliphatic heterocycles. The maximum Gasteiger partial charge on any atom is 0.132 e. The Morgan fingerprint density at radius 3 is 2.42 bits per heavy atom. The Labute approximate surface area is 111 Å². The molecule has 90 valence electrons. The van der Waals surface area contributed by atoms with Crippen LogP contribution in [0.2, 0.25) is 0 Å². The Morgan fingerprint density at radius 2 is 1.58 bits per heavy atom. The molecule has 0 atom stereocenters. The average molecular weight is 246 g/mol. The largest absolute Gasteiger partial charge is 0.206 e. The summed E-state index contributed by atoms with van der Waals surface area (Å²) in [6.07, 6.45) is 5.48. The highest BCUT2D eigenvalue weighted by Gasteiger charge is 2.11. The van der Waals surface area contributed by atoms with E-state index in [1.165, 1.54) is 6.07 Å². The second-order valence-corrected chi connectivity index (χ2v) is 4.33. The standard InChI is InChI=1S/C18H11F/c1-2-13-8-6-12-17(19)18(13)16-11-5-9-14-7-3-4-10-15(14)16/h1,3-12H. The first kappa shape index (κ1) is 11.5. The van der Waals surface area contributed by atoms with Crippen molar-refractivity contribution in [1.82, 2.24) is 0 Å². The van der Waals surface area contributed by atoms with E-state index in [9.17, 15) is 4.39 Å². The van der Waals surface area contributed by atoms with E-state index in [0.29, 0.717) is 11.1 Å². The fraction of sp³-hybridized carbons (Fsp3) is 0.